The number of pyridine rings is 1. The molecule has 0 amide bonds. The zero-order valence-electron chi connectivity index (χ0n) is 12.6. The Balaban J connectivity index is 0.00000176. The number of anilines is 1. The van der Waals surface area contributed by atoms with Gasteiger partial charge in [-0.15, -0.1) is 23.7 Å². The number of aryl methyl sites for hydroxylation is 1. The molecule has 5 nitrogen and oxygen atoms in total. The molecule has 7 heteroatoms. The molecule has 2 aromatic heterocycles. The standard InChI is InChI=1S/C15H20N4OS.ClH/c1-11-8-17-5-2-14(11)20-12-3-6-19(7-4-12)10-13-9-18-15(16)21-13;/h2,5,8-9,12H,3-4,6-7,10H2,1H3,(H2,16,18);1H. The second-order valence-electron chi connectivity index (χ2n) is 5.40. The van der Waals surface area contributed by atoms with Crippen LogP contribution in [-0.4, -0.2) is 34.1 Å². The van der Waals surface area contributed by atoms with Gasteiger partial charge in [0, 0.05) is 48.7 Å². The van der Waals surface area contributed by atoms with E-state index in [9.17, 15) is 0 Å². The molecule has 3 heterocycles. The summed E-state index contributed by atoms with van der Waals surface area (Å²) in [5.74, 6) is 0.957. The molecule has 120 valence electrons. The van der Waals surface area contributed by atoms with Crippen molar-refractivity contribution in [1.29, 1.82) is 0 Å². The number of aromatic nitrogens is 2. The van der Waals surface area contributed by atoms with Crippen LogP contribution in [0, 0.1) is 6.92 Å². The van der Waals surface area contributed by atoms with E-state index in [1.54, 1.807) is 17.5 Å². The number of thiazole rings is 1. The molecule has 1 aliphatic rings. The van der Waals surface area contributed by atoms with Crippen molar-refractivity contribution in [1.82, 2.24) is 14.9 Å². The van der Waals surface area contributed by atoms with Crippen LogP contribution in [0.2, 0.25) is 0 Å². The van der Waals surface area contributed by atoms with Gasteiger partial charge in [-0.1, -0.05) is 0 Å². The third-order valence-electron chi connectivity index (χ3n) is 3.75. The Bertz CT molecular complexity index is 599. The third kappa shape index (κ3) is 4.32. The van der Waals surface area contributed by atoms with Crippen LogP contribution in [-0.2, 0) is 6.54 Å². The molecule has 0 unspecified atom stereocenters. The maximum atomic E-state index is 6.09. The number of nitrogens with two attached hydrogens (primary N) is 1. The van der Waals surface area contributed by atoms with Gasteiger partial charge in [-0.3, -0.25) is 9.88 Å². The summed E-state index contributed by atoms with van der Waals surface area (Å²) in [5.41, 5.74) is 6.77. The fraction of sp³-hybridized carbons (Fsp3) is 0.467. The van der Waals surface area contributed by atoms with Gasteiger partial charge in [0.05, 0.1) is 0 Å². The molecule has 1 aliphatic heterocycles. The minimum atomic E-state index is 0. The summed E-state index contributed by atoms with van der Waals surface area (Å²) in [6, 6.07) is 1.95. The molecule has 0 bridgehead atoms. The van der Waals surface area contributed by atoms with Crippen molar-refractivity contribution in [2.24, 2.45) is 0 Å². The van der Waals surface area contributed by atoms with E-state index in [1.807, 2.05) is 25.4 Å². The Labute approximate surface area is 140 Å². The summed E-state index contributed by atoms with van der Waals surface area (Å²) >= 11 is 1.57. The maximum Gasteiger partial charge on any atom is 0.180 e. The number of hydrogen-bond acceptors (Lipinski definition) is 6. The van der Waals surface area contributed by atoms with Crippen molar-refractivity contribution in [3.63, 3.8) is 0 Å². The van der Waals surface area contributed by atoms with Crippen molar-refractivity contribution < 1.29 is 4.74 Å². The number of rotatable bonds is 4. The molecule has 0 spiro atoms. The summed E-state index contributed by atoms with van der Waals surface area (Å²) in [6.45, 7) is 5.07. The van der Waals surface area contributed by atoms with Gasteiger partial charge in [0.2, 0.25) is 0 Å². The average molecular weight is 341 g/mol. The largest absolute Gasteiger partial charge is 0.490 e. The number of halogens is 1. The molecule has 3 rings (SSSR count). The number of ether oxygens (including phenoxy) is 1. The van der Waals surface area contributed by atoms with Crippen LogP contribution in [0.3, 0.4) is 0 Å². The number of likely N-dealkylation sites (tertiary alicyclic amines) is 1. The van der Waals surface area contributed by atoms with E-state index in [0.29, 0.717) is 11.2 Å². The van der Waals surface area contributed by atoms with E-state index in [2.05, 4.69) is 14.9 Å². The minimum Gasteiger partial charge on any atom is -0.490 e. The van der Waals surface area contributed by atoms with Gasteiger partial charge in [-0.25, -0.2) is 4.98 Å². The molecular formula is C15H21ClN4OS. The van der Waals surface area contributed by atoms with Crippen molar-refractivity contribution in [2.75, 3.05) is 18.8 Å². The summed E-state index contributed by atoms with van der Waals surface area (Å²) in [4.78, 5) is 11.9. The van der Waals surface area contributed by atoms with Gasteiger partial charge in [0.15, 0.2) is 5.13 Å². The highest BCUT2D eigenvalue weighted by Gasteiger charge is 2.21. The first kappa shape index (κ1) is 17.0. The van der Waals surface area contributed by atoms with Crippen molar-refractivity contribution in [3.8, 4) is 5.75 Å². The average Bonchev–Trinajstić information content (AvgIpc) is 2.89. The lowest BCUT2D eigenvalue weighted by atomic mass is 10.1. The highest BCUT2D eigenvalue weighted by Crippen LogP contribution is 2.23. The van der Waals surface area contributed by atoms with Crippen LogP contribution in [0.4, 0.5) is 5.13 Å². The molecule has 0 saturated carbocycles. The van der Waals surface area contributed by atoms with Gasteiger partial charge < -0.3 is 10.5 Å². The Morgan fingerprint density at radius 3 is 2.77 bits per heavy atom. The monoisotopic (exact) mass is 340 g/mol. The lowest BCUT2D eigenvalue weighted by molar-refractivity contribution is 0.0967. The first-order chi connectivity index (χ1) is 10.2. The van der Waals surface area contributed by atoms with Crippen LogP contribution in [0.5, 0.6) is 5.75 Å². The van der Waals surface area contributed by atoms with Crippen LogP contribution in [0.15, 0.2) is 24.7 Å². The SMILES string of the molecule is Cc1cnccc1OC1CCN(Cc2cnc(N)s2)CC1.Cl. The van der Waals surface area contributed by atoms with E-state index >= 15 is 0 Å². The molecule has 0 aliphatic carbocycles. The highest BCUT2D eigenvalue weighted by molar-refractivity contribution is 7.15. The number of nitrogens with zero attached hydrogens (tertiary/aromatic N) is 3. The predicted molar refractivity (Wildman–Crippen MR) is 91.7 cm³/mol. The van der Waals surface area contributed by atoms with Gasteiger partial charge in [-0.2, -0.15) is 0 Å². The third-order valence-corrected chi connectivity index (χ3v) is 4.56. The van der Waals surface area contributed by atoms with Gasteiger partial charge in [0.1, 0.15) is 11.9 Å². The fourth-order valence-electron chi connectivity index (χ4n) is 2.57. The van der Waals surface area contributed by atoms with Crippen LogP contribution in [0.1, 0.15) is 23.3 Å². The van der Waals surface area contributed by atoms with Gasteiger partial charge in [-0.05, 0) is 25.8 Å². The normalized spacial score (nSPS) is 16.2. The zero-order valence-corrected chi connectivity index (χ0v) is 14.2. The Morgan fingerprint density at radius 2 is 2.14 bits per heavy atom. The number of hydrogen-bond donors (Lipinski definition) is 1. The molecule has 1 fully saturated rings. The van der Waals surface area contributed by atoms with Crippen molar-refractivity contribution in [3.05, 3.63) is 35.1 Å². The zero-order chi connectivity index (χ0) is 14.7. The smallest absolute Gasteiger partial charge is 0.180 e. The second kappa shape index (κ2) is 7.76. The van der Waals surface area contributed by atoms with Gasteiger partial charge in [0.25, 0.3) is 0 Å². The molecular weight excluding hydrogens is 320 g/mol. The lowest BCUT2D eigenvalue weighted by Crippen LogP contribution is -2.37. The minimum absolute atomic E-state index is 0. The van der Waals surface area contributed by atoms with E-state index in [1.165, 1.54) is 4.88 Å². The maximum absolute atomic E-state index is 6.09. The van der Waals surface area contributed by atoms with Gasteiger partial charge >= 0.3 is 0 Å². The fourth-order valence-corrected chi connectivity index (χ4v) is 3.30. The Kier molecular flexibility index (Phi) is 5.99. The van der Waals surface area contributed by atoms with Crippen LogP contribution >= 0.6 is 23.7 Å². The summed E-state index contributed by atoms with van der Waals surface area (Å²) in [6.07, 6.45) is 7.91. The molecule has 0 radical (unpaired) electrons. The first-order valence-corrected chi connectivity index (χ1v) is 8.02. The first-order valence-electron chi connectivity index (χ1n) is 7.20. The second-order valence-corrected chi connectivity index (χ2v) is 6.55. The molecule has 1 saturated heterocycles. The number of nitrogen functional groups attached to an aromatic ring is 1. The van der Waals surface area contributed by atoms with E-state index < -0.39 is 0 Å². The molecule has 22 heavy (non-hydrogen) atoms. The molecule has 0 atom stereocenters. The van der Waals surface area contributed by atoms with Crippen LogP contribution < -0.4 is 10.5 Å². The Hall–Kier alpha value is -1.37. The van der Waals surface area contributed by atoms with E-state index in [-0.39, 0.29) is 12.4 Å². The lowest BCUT2D eigenvalue weighted by Gasteiger charge is -2.32. The quantitative estimate of drug-likeness (QED) is 0.927. The van der Waals surface area contributed by atoms with E-state index in [4.69, 9.17) is 10.5 Å². The summed E-state index contributed by atoms with van der Waals surface area (Å²) < 4.78 is 6.09. The molecule has 2 aromatic rings. The summed E-state index contributed by atoms with van der Waals surface area (Å²) in [7, 11) is 0. The van der Waals surface area contributed by atoms with E-state index in [0.717, 1.165) is 43.8 Å². The molecule has 0 aromatic carbocycles. The van der Waals surface area contributed by atoms with Crippen molar-refractivity contribution in [2.45, 2.75) is 32.4 Å². The van der Waals surface area contributed by atoms with Crippen molar-refractivity contribution >= 4 is 28.9 Å². The highest BCUT2D eigenvalue weighted by atomic mass is 35.5. The predicted octanol–water partition coefficient (Wildman–Crippen LogP) is 2.89. The molecule has 2 N–H and O–H groups in total. The summed E-state index contributed by atoms with van der Waals surface area (Å²) in [5, 5.41) is 0.649. The topological polar surface area (TPSA) is 64.3 Å². The Morgan fingerprint density at radius 1 is 1.36 bits per heavy atom. The van der Waals surface area contributed by atoms with Crippen LogP contribution in [0.25, 0.3) is 0 Å². The number of piperidine rings is 1.